The molecule has 38 heavy (non-hydrogen) atoms. The van der Waals surface area contributed by atoms with Gasteiger partial charge in [0.2, 0.25) is 0 Å². The molecule has 5 nitrogen and oxygen atoms in total. The van der Waals surface area contributed by atoms with Gasteiger partial charge < -0.3 is 5.11 Å². The van der Waals surface area contributed by atoms with Crippen LogP contribution in [0, 0.1) is 0 Å². The number of para-hydroxylation sites is 1. The van der Waals surface area contributed by atoms with E-state index in [2.05, 4.69) is 6.92 Å². The average Bonchev–Trinajstić information content (AvgIpc) is 2.94. The third kappa shape index (κ3) is 6.62. The highest BCUT2D eigenvalue weighted by molar-refractivity contribution is 7.92. The maximum atomic E-state index is 14.1. The number of unbranched alkanes of at least 4 members (excludes halogenated alkanes) is 4. The Balaban J connectivity index is 1.64. The summed E-state index contributed by atoms with van der Waals surface area (Å²) in [6.07, 6.45) is 6.46. The van der Waals surface area contributed by atoms with Crippen molar-refractivity contribution < 1.29 is 18.3 Å². The van der Waals surface area contributed by atoms with Gasteiger partial charge in [0.15, 0.2) is 0 Å². The largest absolute Gasteiger partial charge is 0.478 e. The van der Waals surface area contributed by atoms with E-state index >= 15 is 0 Å². The monoisotopic (exact) mass is 529 g/mol. The number of aryl methyl sites for hydroxylation is 2. The number of carboxylic acids is 1. The summed E-state index contributed by atoms with van der Waals surface area (Å²) in [5, 5.41) is 11.1. The van der Waals surface area contributed by atoms with Crippen LogP contribution in [0.2, 0.25) is 0 Å². The van der Waals surface area contributed by atoms with Gasteiger partial charge in [-0.2, -0.15) is 0 Å². The van der Waals surface area contributed by atoms with E-state index < -0.39 is 16.0 Å². The molecule has 4 aromatic rings. The molecule has 1 N–H and O–H groups in total. The lowest BCUT2D eigenvalue weighted by atomic mass is 10.0. The summed E-state index contributed by atoms with van der Waals surface area (Å²) in [6.45, 7) is 2.59. The second-order valence-electron chi connectivity index (χ2n) is 9.63. The first-order chi connectivity index (χ1) is 18.4. The quantitative estimate of drug-likeness (QED) is 0.182. The summed E-state index contributed by atoms with van der Waals surface area (Å²) < 4.78 is 29.8. The van der Waals surface area contributed by atoms with Crippen LogP contribution in [0.1, 0.15) is 60.5 Å². The Labute approximate surface area is 225 Å². The lowest BCUT2D eigenvalue weighted by Crippen LogP contribution is -2.33. The van der Waals surface area contributed by atoms with Crippen molar-refractivity contribution in [1.82, 2.24) is 0 Å². The van der Waals surface area contributed by atoms with Crippen LogP contribution in [0.25, 0.3) is 10.8 Å². The lowest BCUT2D eigenvalue weighted by Gasteiger charge is -2.27. The van der Waals surface area contributed by atoms with E-state index in [-0.39, 0.29) is 5.56 Å². The molecule has 0 spiro atoms. The van der Waals surface area contributed by atoms with Crippen LogP contribution in [0.15, 0.2) is 95.9 Å². The minimum absolute atomic E-state index is 0.255. The molecule has 0 fully saturated rings. The van der Waals surface area contributed by atoms with E-state index in [1.54, 1.807) is 28.6 Å². The number of nitrogens with zero attached hydrogens (tertiary/aromatic N) is 1. The van der Waals surface area contributed by atoms with E-state index in [1.807, 2.05) is 66.7 Å². The number of carbonyl (C=O) groups is 1. The SMILES string of the molecule is CCCCCCCN(c1ccccc1CCc1ccc(C(=O)O)cc1)S(=O)(=O)c1ccc2ccccc2c1. The first-order valence-electron chi connectivity index (χ1n) is 13.3. The molecule has 0 aliphatic carbocycles. The fourth-order valence-corrected chi connectivity index (χ4v) is 6.32. The van der Waals surface area contributed by atoms with Crippen molar-refractivity contribution in [2.24, 2.45) is 0 Å². The van der Waals surface area contributed by atoms with E-state index in [0.29, 0.717) is 30.0 Å². The second kappa shape index (κ2) is 12.7. The normalized spacial score (nSPS) is 11.5. The fraction of sp³-hybridized carbons (Fsp3) is 0.281. The van der Waals surface area contributed by atoms with Gasteiger partial charge in [0.25, 0.3) is 10.0 Å². The third-order valence-electron chi connectivity index (χ3n) is 6.92. The summed E-state index contributed by atoms with van der Waals surface area (Å²) in [6, 6.07) is 27.7. The fourth-order valence-electron chi connectivity index (χ4n) is 4.74. The van der Waals surface area contributed by atoms with E-state index in [4.69, 9.17) is 5.11 Å². The molecule has 4 rings (SSSR count). The Kier molecular flexibility index (Phi) is 9.19. The predicted octanol–water partition coefficient (Wildman–Crippen LogP) is 7.49. The van der Waals surface area contributed by atoms with Gasteiger partial charge in [0.05, 0.1) is 16.1 Å². The Bertz CT molecular complexity index is 1480. The number of rotatable bonds is 13. The number of sulfonamides is 1. The zero-order chi connectivity index (χ0) is 27.0. The highest BCUT2D eigenvalue weighted by Gasteiger charge is 2.26. The van der Waals surface area contributed by atoms with Crippen LogP contribution in [0.5, 0.6) is 0 Å². The van der Waals surface area contributed by atoms with Gasteiger partial charge >= 0.3 is 5.97 Å². The van der Waals surface area contributed by atoms with Gasteiger partial charge in [-0.25, -0.2) is 13.2 Å². The first kappa shape index (κ1) is 27.4. The van der Waals surface area contributed by atoms with Crippen LogP contribution in [-0.4, -0.2) is 26.0 Å². The molecule has 198 valence electrons. The average molecular weight is 530 g/mol. The molecule has 0 aliphatic rings. The van der Waals surface area contributed by atoms with Crippen molar-refractivity contribution in [1.29, 1.82) is 0 Å². The molecule has 0 aromatic heterocycles. The predicted molar refractivity (Wildman–Crippen MR) is 154 cm³/mol. The van der Waals surface area contributed by atoms with E-state index in [9.17, 15) is 13.2 Å². The number of benzene rings is 4. The molecule has 0 unspecified atom stereocenters. The van der Waals surface area contributed by atoms with Crippen LogP contribution < -0.4 is 4.31 Å². The molecular formula is C32H35NO4S. The summed E-state index contributed by atoms with van der Waals surface area (Å²) in [5.74, 6) is -0.949. The van der Waals surface area contributed by atoms with Gasteiger partial charge in [-0.15, -0.1) is 0 Å². The number of aromatic carboxylic acids is 1. The Morgan fingerprint density at radius 3 is 2.18 bits per heavy atom. The summed E-state index contributed by atoms with van der Waals surface area (Å²) in [4.78, 5) is 11.5. The molecule has 0 heterocycles. The topological polar surface area (TPSA) is 74.7 Å². The van der Waals surface area contributed by atoms with Crippen molar-refractivity contribution >= 4 is 32.5 Å². The zero-order valence-electron chi connectivity index (χ0n) is 21.8. The Morgan fingerprint density at radius 1 is 0.763 bits per heavy atom. The third-order valence-corrected chi connectivity index (χ3v) is 8.73. The molecule has 0 saturated heterocycles. The highest BCUT2D eigenvalue weighted by Crippen LogP contribution is 2.30. The minimum Gasteiger partial charge on any atom is -0.478 e. The molecule has 0 saturated carbocycles. The zero-order valence-corrected chi connectivity index (χ0v) is 22.7. The maximum Gasteiger partial charge on any atom is 0.335 e. The molecule has 6 heteroatoms. The Hall–Kier alpha value is -3.64. The smallest absolute Gasteiger partial charge is 0.335 e. The molecule has 0 amide bonds. The summed E-state index contributed by atoms with van der Waals surface area (Å²) in [7, 11) is -3.79. The number of fused-ring (bicyclic) bond motifs is 1. The molecule has 0 radical (unpaired) electrons. The van der Waals surface area contributed by atoms with Crippen LogP contribution in [0.4, 0.5) is 5.69 Å². The van der Waals surface area contributed by atoms with Gasteiger partial charge in [-0.1, -0.05) is 93.3 Å². The number of carboxylic acid groups (broad SMARTS) is 1. The van der Waals surface area contributed by atoms with Crippen LogP contribution >= 0.6 is 0 Å². The van der Waals surface area contributed by atoms with E-state index in [0.717, 1.165) is 54.0 Å². The molecule has 0 atom stereocenters. The Morgan fingerprint density at radius 2 is 1.45 bits per heavy atom. The number of anilines is 1. The molecule has 0 aliphatic heterocycles. The van der Waals surface area contributed by atoms with Gasteiger partial charge in [0, 0.05) is 6.54 Å². The van der Waals surface area contributed by atoms with Crippen molar-refractivity contribution in [2.45, 2.75) is 56.8 Å². The summed E-state index contributed by atoms with van der Waals surface area (Å²) in [5.41, 5.74) is 2.92. The van der Waals surface area contributed by atoms with Crippen molar-refractivity contribution in [2.75, 3.05) is 10.8 Å². The van der Waals surface area contributed by atoms with Crippen LogP contribution in [0.3, 0.4) is 0 Å². The molecular weight excluding hydrogens is 494 g/mol. The maximum absolute atomic E-state index is 14.1. The second-order valence-corrected chi connectivity index (χ2v) is 11.5. The molecule has 0 bridgehead atoms. The van der Waals surface area contributed by atoms with Crippen molar-refractivity contribution in [3.05, 3.63) is 108 Å². The minimum atomic E-state index is -3.79. The first-order valence-corrected chi connectivity index (χ1v) is 14.8. The van der Waals surface area contributed by atoms with E-state index in [1.165, 1.54) is 0 Å². The highest BCUT2D eigenvalue weighted by atomic mass is 32.2. The van der Waals surface area contributed by atoms with Crippen LogP contribution in [-0.2, 0) is 22.9 Å². The summed E-state index contributed by atoms with van der Waals surface area (Å²) >= 11 is 0. The number of hydrogen-bond donors (Lipinski definition) is 1. The van der Waals surface area contributed by atoms with Gasteiger partial charge in [-0.05, 0) is 71.5 Å². The van der Waals surface area contributed by atoms with Gasteiger partial charge in [0.1, 0.15) is 0 Å². The van der Waals surface area contributed by atoms with Crippen molar-refractivity contribution in [3.8, 4) is 0 Å². The number of hydrogen-bond acceptors (Lipinski definition) is 3. The van der Waals surface area contributed by atoms with Gasteiger partial charge in [-0.3, -0.25) is 4.31 Å². The lowest BCUT2D eigenvalue weighted by molar-refractivity contribution is 0.0697. The standard InChI is InChI=1S/C32H35NO4S/c1-2-3-4-5-10-23-33(38(36,37)30-22-21-26-11-6-7-13-29(26)24-30)31-14-9-8-12-27(31)18-15-25-16-19-28(20-17-25)32(34)35/h6-9,11-14,16-17,19-22,24H,2-5,10,15,18,23H2,1H3,(H,34,35). The van der Waals surface area contributed by atoms with Crippen molar-refractivity contribution in [3.63, 3.8) is 0 Å². The molecule has 4 aromatic carbocycles.